The van der Waals surface area contributed by atoms with Gasteiger partial charge in [-0.25, -0.2) is 9.37 Å². The van der Waals surface area contributed by atoms with Crippen molar-refractivity contribution in [3.8, 4) is 0 Å². The average Bonchev–Trinajstić information content (AvgIpc) is 2.91. The number of pyridine rings is 1. The number of nitro groups is 1. The molecule has 0 spiro atoms. The fourth-order valence-electron chi connectivity index (χ4n) is 1.10. The summed E-state index contributed by atoms with van der Waals surface area (Å²) in [6, 6.07) is 1.13. The molecule has 5 nitrogen and oxygen atoms in total. The molecule has 1 saturated carbocycles. The molecule has 74 valence electrons. The largest absolute Gasteiger partial charge is 0.362 e. The Labute approximate surface area is 79.1 Å². The maximum Gasteiger partial charge on any atom is 0.314 e. The van der Waals surface area contributed by atoms with E-state index >= 15 is 0 Å². The summed E-state index contributed by atoms with van der Waals surface area (Å²) in [7, 11) is 0. The van der Waals surface area contributed by atoms with E-state index in [1.807, 2.05) is 0 Å². The van der Waals surface area contributed by atoms with Crippen molar-refractivity contribution in [2.24, 2.45) is 0 Å². The van der Waals surface area contributed by atoms with Gasteiger partial charge < -0.3 is 5.32 Å². The van der Waals surface area contributed by atoms with E-state index in [4.69, 9.17) is 0 Å². The number of aromatic nitrogens is 1. The first-order valence-corrected chi connectivity index (χ1v) is 4.23. The molecule has 0 aromatic carbocycles. The third kappa shape index (κ3) is 1.78. The van der Waals surface area contributed by atoms with Crippen LogP contribution in [0.5, 0.6) is 0 Å². The molecule has 0 atom stereocenters. The lowest BCUT2D eigenvalue weighted by Gasteiger charge is -2.03. The quantitative estimate of drug-likeness (QED) is 0.591. The summed E-state index contributed by atoms with van der Waals surface area (Å²) in [5, 5.41) is 13.4. The molecule has 1 aromatic rings. The van der Waals surface area contributed by atoms with E-state index < -0.39 is 10.7 Å². The Hall–Kier alpha value is -1.72. The van der Waals surface area contributed by atoms with Crippen LogP contribution >= 0.6 is 0 Å². The number of anilines is 1. The van der Waals surface area contributed by atoms with Crippen molar-refractivity contribution in [2.75, 3.05) is 5.32 Å². The number of nitrogens with zero attached hydrogens (tertiary/aromatic N) is 2. The number of nitrogens with one attached hydrogen (secondary N) is 1. The highest BCUT2D eigenvalue weighted by Gasteiger charge is 2.25. The summed E-state index contributed by atoms with van der Waals surface area (Å²) < 4.78 is 12.7. The molecule has 6 heteroatoms. The van der Waals surface area contributed by atoms with Gasteiger partial charge in [0.1, 0.15) is 5.82 Å². The van der Waals surface area contributed by atoms with Crippen LogP contribution in [0.3, 0.4) is 0 Å². The highest BCUT2D eigenvalue weighted by Crippen LogP contribution is 2.29. The molecule has 1 aliphatic rings. The third-order valence-electron chi connectivity index (χ3n) is 1.95. The normalized spacial score (nSPS) is 15.2. The lowest BCUT2D eigenvalue weighted by atomic mass is 10.4. The summed E-state index contributed by atoms with van der Waals surface area (Å²) in [4.78, 5) is 13.5. The monoisotopic (exact) mass is 197 g/mol. The average molecular weight is 197 g/mol. The van der Waals surface area contributed by atoms with Crippen LogP contribution in [0.25, 0.3) is 0 Å². The van der Waals surface area contributed by atoms with E-state index in [0.717, 1.165) is 25.1 Å². The van der Waals surface area contributed by atoms with Crippen LogP contribution in [-0.4, -0.2) is 15.9 Å². The molecule has 14 heavy (non-hydrogen) atoms. The van der Waals surface area contributed by atoms with Crippen molar-refractivity contribution in [3.63, 3.8) is 0 Å². The highest BCUT2D eigenvalue weighted by atomic mass is 19.1. The summed E-state index contributed by atoms with van der Waals surface area (Å²) in [5.74, 6) is -0.544. The summed E-state index contributed by atoms with van der Waals surface area (Å²) in [5.41, 5.74) is -0.308. The summed E-state index contributed by atoms with van der Waals surface area (Å²) in [6.45, 7) is 0. The molecule has 1 aromatic heterocycles. The van der Waals surface area contributed by atoms with Gasteiger partial charge in [-0.05, 0) is 12.8 Å². The van der Waals surface area contributed by atoms with Gasteiger partial charge in [0.05, 0.1) is 17.2 Å². The van der Waals surface area contributed by atoms with Gasteiger partial charge in [0.2, 0.25) is 5.82 Å². The van der Waals surface area contributed by atoms with E-state index in [1.54, 1.807) is 0 Å². The van der Waals surface area contributed by atoms with Gasteiger partial charge in [0.25, 0.3) is 0 Å². The Morgan fingerprint density at radius 3 is 2.93 bits per heavy atom. The zero-order valence-corrected chi connectivity index (χ0v) is 7.24. The van der Waals surface area contributed by atoms with Crippen LogP contribution in [0.15, 0.2) is 12.3 Å². The van der Waals surface area contributed by atoms with Crippen LogP contribution < -0.4 is 5.32 Å². The number of rotatable bonds is 3. The van der Waals surface area contributed by atoms with Gasteiger partial charge in [-0.15, -0.1) is 0 Å². The topological polar surface area (TPSA) is 68.1 Å². The maximum atomic E-state index is 12.7. The molecule has 0 unspecified atom stereocenters. The Balaban J connectivity index is 2.31. The Kier molecular flexibility index (Phi) is 2.03. The molecule has 0 saturated heterocycles. The molecule has 1 N–H and O–H groups in total. The highest BCUT2D eigenvalue weighted by molar-refractivity contribution is 5.56. The Morgan fingerprint density at radius 1 is 1.64 bits per heavy atom. The molecule has 1 fully saturated rings. The fourth-order valence-corrected chi connectivity index (χ4v) is 1.10. The van der Waals surface area contributed by atoms with Crippen LogP contribution in [0, 0.1) is 15.9 Å². The standard InChI is InChI=1S/C8H8FN3O2/c9-5-3-7(12(13)14)8(10-4-5)11-6-1-2-6/h3-4,6H,1-2H2,(H,10,11). The molecular formula is C8H8FN3O2. The van der Waals surface area contributed by atoms with Crippen LogP contribution in [0.1, 0.15) is 12.8 Å². The molecule has 0 bridgehead atoms. The lowest BCUT2D eigenvalue weighted by molar-refractivity contribution is -0.384. The van der Waals surface area contributed by atoms with Crippen LogP contribution in [0.4, 0.5) is 15.9 Å². The molecule has 0 aliphatic heterocycles. The van der Waals surface area contributed by atoms with Crippen molar-refractivity contribution in [1.82, 2.24) is 4.98 Å². The SMILES string of the molecule is O=[N+]([O-])c1cc(F)cnc1NC1CC1. The minimum Gasteiger partial charge on any atom is -0.362 e. The fraction of sp³-hybridized carbons (Fsp3) is 0.375. The van der Waals surface area contributed by atoms with Crippen molar-refractivity contribution in [1.29, 1.82) is 0 Å². The molecule has 0 amide bonds. The van der Waals surface area contributed by atoms with Crippen LogP contribution in [-0.2, 0) is 0 Å². The molecule has 0 radical (unpaired) electrons. The van der Waals surface area contributed by atoms with Crippen molar-refractivity contribution >= 4 is 11.5 Å². The Morgan fingerprint density at radius 2 is 2.36 bits per heavy atom. The van der Waals surface area contributed by atoms with E-state index in [1.165, 1.54) is 0 Å². The second kappa shape index (κ2) is 3.21. The number of halogens is 1. The number of hydrogen-bond donors (Lipinski definition) is 1. The van der Waals surface area contributed by atoms with Crippen molar-refractivity contribution < 1.29 is 9.31 Å². The molecule has 2 rings (SSSR count). The lowest BCUT2D eigenvalue weighted by Crippen LogP contribution is -2.06. The zero-order valence-electron chi connectivity index (χ0n) is 7.24. The first-order valence-electron chi connectivity index (χ1n) is 4.23. The zero-order chi connectivity index (χ0) is 10.1. The smallest absolute Gasteiger partial charge is 0.314 e. The second-order valence-corrected chi connectivity index (χ2v) is 3.20. The molecule has 1 aliphatic carbocycles. The predicted molar refractivity (Wildman–Crippen MR) is 47.5 cm³/mol. The van der Waals surface area contributed by atoms with Gasteiger partial charge in [0, 0.05) is 6.04 Å². The minimum atomic E-state index is -0.696. The predicted octanol–water partition coefficient (Wildman–Crippen LogP) is 1.70. The van der Waals surface area contributed by atoms with Crippen molar-refractivity contribution in [2.45, 2.75) is 18.9 Å². The van der Waals surface area contributed by atoms with Gasteiger partial charge in [-0.1, -0.05) is 0 Å². The summed E-state index contributed by atoms with van der Waals surface area (Å²) >= 11 is 0. The van der Waals surface area contributed by atoms with E-state index in [2.05, 4.69) is 10.3 Å². The van der Waals surface area contributed by atoms with Gasteiger partial charge >= 0.3 is 5.69 Å². The first kappa shape index (κ1) is 8.86. The molecular weight excluding hydrogens is 189 g/mol. The third-order valence-corrected chi connectivity index (χ3v) is 1.95. The minimum absolute atomic E-state index is 0.152. The van der Waals surface area contributed by atoms with E-state index in [0.29, 0.717) is 0 Å². The van der Waals surface area contributed by atoms with E-state index in [9.17, 15) is 14.5 Å². The maximum absolute atomic E-state index is 12.7. The molecule has 1 heterocycles. The first-order chi connectivity index (χ1) is 6.66. The van der Waals surface area contributed by atoms with Crippen molar-refractivity contribution in [3.05, 3.63) is 28.2 Å². The van der Waals surface area contributed by atoms with Gasteiger partial charge in [-0.3, -0.25) is 10.1 Å². The Bertz CT molecular complexity index is 379. The van der Waals surface area contributed by atoms with E-state index in [-0.39, 0.29) is 17.5 Å². The second-order valence-electron chi connectivity index (χ2n) is 3.20. The van der Waals surface area contributed by atoms with Crippen LogP contribution in [0.2, 0.25) is 0 Å². The summed E-state index contributed by atoms with van der Waals surface area (Å²) in [6.07, 6.45) is 2.93. The van der Waals surface area contributed by atoms with Gasteiger partial charge in [-0.2, -0.15) is 0 Å². The number of hydrogen-bond acceptors (Lipinski definition) is 4. The van der Waals surface area contributed by atoms with Gasteiger partial charge in [0.15, 0.2) is 0 Å².